The molecule has 0 spiro atoms. The maximum absolute atomic E-state index is 12.3. The van der Waals surface area contributed by atoms with Crippen molar-refractivity contribution in [2.24, 2.45) is 0 Å². The molecule has 10 nitrogen and oxygen atoms in total. The molecule has 0 aliphatic carbocycles. The van der Waals surface area contributed by atoms with Gasteiger partial charge in [-0.1, -0.05) is 18.0 Å². The van der Waals surface area contributed by atoms with Gasteiger partial charge in [0.15, 0.2) is 18.1 Å². The molecule has 0 radical (unpaired) electrons. The van der Waals surface area contributed by atoms with Crippen molar-refractivity contribution in [3.05, 3.63) is 47.0 Å². The first-order valence-corrected chi connectivity index (χ1v) is 10.2. The lowest BCUT2D eigenvalue weighted by Crippen LogP contribution is -2.44. The van der Waals surface area contributed by atoms with Crippen LogP contribution >= 0.6 is 11.6 Å². The average Bonchev–Trinajstić information content (AvgIpc) is 2.83. The van der Waals surface area contributed by atoms with Gasteiger partial charge in [0.1, 0.15) is 5.75 Å². The number of nitrogens with zero attached hydrogens (tertiary/aromatic N) is 3. The van der Waals surface area contributed by atoms with Gasteiger partial charge in [0.05, 0.1) is 31.1 Å². The molecule has 0 saturated carbocycles. The Hall–Kier alpha value is -4.05. The lowest BCUT2D eigenvalue weighted by atomic mass is 10.1. The van der Waals surface area contributed by atoms with Crippen molar-refractivity contribution in [2.75, 3.05) is 26.3 Å². The molecule has 0 bridgehead atoms. The number of hydrazine groups is 1. The number of terminal acetylenes is 1. The molecule has 0 atom stereocenters. The van der Waals surface area contributed by atoms with Crippen LogP contribution in [0.1, 0.15) is 22.6 Å². The summed E-state index contributed by atoms with van der Waals surface area (Å²) < 4.78 is 47.0. The number of amides is 2. The number of carbonyl (C=O) groups is 3. The zero-order valence-electron chi connectivity index (χ0n) is 18.0. The van der Waals surface area contributed by atoms with E-state index >= 15 is 0 Å². The van der Waals surface area contributed by atoms with Crippen LogP contribution < -0.4 is 20.2 Å². The number of Topliss-reactive ketones (excluding diaryl/α,β-unsaturated/α-hetero) is 1. The number of halogens is 4. The summed E-state index contributed by atoms with van der Waals surface area (Å²) in [6.07, 6.45) is 3.02. The highest BCUT2D eigenvalue weighted by molar-refractivity contribution is 6.31. The highest BCUT2D eigenvalue weighted by Gasteiger charge is 2.34. The second-order valence-corrected chi connectivity index (χ2v) is 7.02. The molecule has 2 N–H and O–H groups in total. The molecular weight excluding hydrogens is 495 g/mol. The van der Waals surface area contributed by atoms with Crippen LogP contribution in [0, 0.1) is 12.5 Å². The summed E-state index contributed by atoms with van der Waals surface area (Å²) in [5.41, 5.74) is 2.89. The van der Waals surface area contributed by atoms with Gasteiger partial charge in [-0.2, -0.15) is 13.2 Å². The van der Waals surface area contributed by atoms with Gasteiger partial charge in [-0.15, -0.1) is 0 Å². The van der Waals surface area contributed by atoms with Crippen molar-refractivity contribution in [1.82, 2.24) is 25.7 Å². The lowest BCUT2D eigenvalue weighted by Gasteiger charge is -2.18. The fraction of sp³-hybridized carbons (Fsp3) is 0.286. The first kappa shape index (κ1) is 27.2. The summed E-state index contributed by atoms with van der Waals surface area (Å²) in [6, 6.07) is 7.26. The van der Waals surface area contributed by atoms with Crippen molar-refractivity contribution in [1.29, 1.82) is 0 Å². The number of hydrogen-bond acceptors (Lipinski definition) is 8. The average molecular weight is 514 g/mol. The van der Waals surface area contributed by atoms with Crippen LogP contribution in [0.2, 0.25) is 5.02 Å². The van der Waals surface area contributed by atoms with Crippen LogP contribution in [-0.4, -0.2) is 59.4 Å². The van der Waals surface area contributed by atoms with Gasteiger partial charge in [0.2, 0.25) is 12.2 Å². The smallest absolute Gasteiger partial charge is 0.451 e. The second-order valence-electron chi connectivity index (χ2n) is 6.58. The Labute approximate surface area is 202 Å². The van der Waals surface area contributed by atoms with Gasteiger partial charge in [-0.25, -0.2) is 15.0 Å². The third kappa shape index (κ3) is 9.01. The van der Waals surface area contributed by atoms with Gasteiger partial charge >= 0.3 is 6.18 Å². The molecular formula is C21H19ClF3N5O5. The maximum Gasteiger partial charge on any atom is 0.451 e. The molecule has 186 valence electrons. The first-order chi connectivity index (χ1) is 16.6. The van der Waals surface area contributed by atoms with Gasteiger partial charge in [-0.05, 0) is 18.2 Å². The normalized spacial score (nSPS) is 12.0. The fourth-order valence-corrected chi connectivity index (χ4v) is 2.66. The molecule has 2 heterocycles. The molecule has 1 aromatic carbocycles. The van der Waals surface area contributed by atoms with E-state index in [9.17, 15) is 27.6 Å². The molecule has 0 saturated heterocycles. The number of carbonyl (C=O) groups excluding carboxylic acids is 3. The molecule has 14 heteroatoms. The molecule has 2 aromatic rings. The Kier molecular flexibility index (Phi) is 10.1. The van der Waals surface area contributed by atoms with Crippen molar-refractivity contribution in [3.63, 3.8) is 0 Å². The molecule has 2 amide bonds. The van der Waals surface area contributed by atoms with E-state index in [1.54, 1.807) is 18.2 Å². The second kappa shape index (κ2) is 13.0. The van der Waals surface area contributed by atoms with Crippen molar-refractivity contribution < 1.29 is 37.0 Å². The predicted molar refractivity (Wildman–Crippen MR) is 116 cm³/mol. The fourth-order valence-electron chi connectivity index (χ4n) is 2.49. The number of ether oxygens (including phenoxy) is 2. The van der Waals surface area contributed by atoms with Gasteiger partial charge < -0.3 is 14.8 Å². The van der Waals surface area contributed by atoms with E-state index < -0.39 is 24.5 Å². The molecule has 1 aromatic heterocycles. The lowest BCUT2D eigenvalue weighted by molar-refractivity contribution is -0.145. The Morgan fingerprint density at radius 1 is 1.34 bits per heavy atom. The zero-order chi connectivity index (χ0) is 25.8. The first-order valence-electron chi connectivity index (χ1n) is 9.82. The van der Waals surface area contributed by atoms with Gasteiger partial charge in [0.25, 0.3) is 5.91 Å². The molecule has 1 aliphatic heterocycles. The van der Waals surface area contributed by atoms with Gasteiger partial charge in [-0.3, -0.25) is 19.8 Å². The Morgan fingerprint density at radius 3 is 2.69 bits per heavy atom. The summed E-state index contributed by atoms with van der Waals surface area (Å²) >= 11 is 5.73. The van der Waals surface area contributed by atoms with E-state index in [4.69, 9.17) is 27.5 Å². The standard InChI is InChI=1S/C12H12F3N5O3.C9H7ClO2/c1-2-20(4-3-16-8-21)19-10(22)7-23-9-5-17-11(18-6-9)12(13,14)15;10-6-1-2-9-7(5-6)8(11)3-4-12-9/h1,5-6,8H,3-4,7H2,(H,16,21)(H,19,22);1-2,5H,3-4H2. The van der Waals surface area contributed by atoms with E-state index in [1.807, 2.05) is 0 Å². The highest BCUT2D eigenvalue weighted by Crippen LogP contribution is 2.27. The van der Waals surface area contributed by atoms with Crippen LogP contribution in [0.25, 0.3) is 0 Å². The maximum atomic E-state index is 12.3. The minimum atomic E-state index is -4.65. The Balaban J connectivity index is 0.000000298. The van der Waals surface area contributed by atoms with E-state index in [2.05, 4.69) is 26.8 Å². The zero-order valence-corrected chi connectivity index (χ0v) is 18.7. The van der Waals surface area contributed by atoms with E-state index in [-0.39, 0.29) is 24.6 Å². The van der Waals surface area contributed by atoms with E-state index in [1.165, 1.54) is 0 Å². The van der Waals surface area contributed by atoms with Crippen LogP contribution in [0.4, 0.5) is 13.2 Å². The number of hydrogen-bond donors (Lipinski definition) is 2. The summed E-state index contributed by atoms with van der Waals surface area (Å²) in [4.78, 5) is 39.1. The molecule has 0 fully saturated rings. The predicted octanol–water partition coefficient (Wildman–Crippen LogP) is 1.85. The number of benzene rings is 1. The number of fused-ring (bicyclic) bond motifs is 1. The number of aromatic nitrogens is 2. The monoisotopic (exact) mass is 513 g/mol. The third-order valence-electron chi connectivity index (χ3n) is 4.06. The summed E-state index contributed by atoms with van der Waals surface area (Å²) in [6.45, 7) is 0.341. The highest BCUT2D eigenvalue weighted by atomic mass is 35.5. The van der Waals surface area contributed by atoms with Crippen LogP contribution in [0.15, 0.2) is 30.6 Å². The molecule has 35 heavy (non-hydrogen) atoms. The quantitative estimate of drug-likeness (QED) is 0.180. The third-order valence-corrected chi connectivity index (χ3v) is 4.29. The number of ketones is 1. The van der Waals surface area contributed by atoms with E-state index in [0.717, 1.165) is 17.4 Å². The van der Waals surface area contributed by atoms with Crippen molar-refractivity contribution in [2.45, 2.75) is 12.6 Å². The number of nitrogens with one attached hydrogen (secondary N) is 2. The summed E-state index contributed by atoms with van der Waals surface area (Å²) in [5.74, 6) is -1.30. The number of alkyl halides is 3. The Bertz CT molecular complexity index is 1080. The van der Waals surface area contributed by atoms with Crippen LogP contribution in [0.5, 0.6) is 11.5 Å². The molecule has 3 rings (SSSR count). The minimum Gasteiger partial charge on any atom is -0.492 e. The van der Waals surface area contributed by atoms with E-state index in [0.29, 0.717) is 35.8 Å². The van der Waals surface area contributed by atoms with Crippen LogP contribution in [-0.2, 0) is 15.8 Å². The van der Waals surface area contributed by atoms with Crippen LogP contribution in [0.3, 0.4) is 0 Å². The SMILES string of the molecule is C#CN(CCNC=O)NC(=O)COc1cnc(C(F)(F)F)nc1.O=C1CCOc2ccc(Cl)cc21. The topological polar surface area (TPSA) is 123 Å². The minimum absolute atomic E-state index is 0.108. The Morgan fingerprint density at radius 2 is 2.06 bits per heavy atom. The summed E-state index contributed by atoms with van der Waals surface area (Å²) in [7, 11) is 0. The molecule has 1 aliphatic rings. The number of rotatable bonds is 8. The van der Waals surface area contributed by atoms with Crippen molar-refractivity contribution >= 4 is 29.7 Å². The summed E-state index contributed by atoms with van der Waals surface area (Å²) in [5, 5.41) is 4.00. The molecule has 0 unspecified atom stereocenters. The van der Waals surface area contributed by atoms with Crippen molar-refractivity contribution in [3.8, 4) is 24.0 Å². The van der Waals surface area contributed by atoms with Gasteiger partial charge in [0, 0.05) is 24.0 Å². The largest absolute Gasteiger partial charge is 0.492 e.